The molecule has 0 aromatic heterocycles. The Morgan fingerprint density at radius 3 is 2.52 bits per heavy atom. The Kier molecular flexibility index (Phi) is 6.01. The summed E-state index contributed by atoms with van der Waals surface area (Å²) in [6, 6.07) is 11.9. The van der Waals surface area contributed by atoms with E-state index in [2.05, 4.69) is 56.1 Å². The van der Waals surface area contributed by atoms with E-state index in [-0.39, 0.29) is 24.5 Å². The molecule has 0 saturated carbocycles. The fourth-order valence-corrected chi connectivity index (χ4v) is 5.87. The van der Waals surface area contributed by atoms with Gasteiger partial charge < -0.3 is 10.2 Å². The highest BCUT2D eigenvalue weighted by Gasteiger charge is 2.30. The lowest BCUT2D eigenvalue weighted by Gasteiger charge is -2.32. The Morgan fingerprint density at radius 2 is 1.91 bits per heavy atom. The summed E-state index contributed by atoms with van der Waals surface area (Å²) in [4.78, 5) is 0. The molecule has 3 heteroatoms. The quantitative estimate of drug-likeness (QED) is 0.784. The molecular formula is C20H30O2Si. The van der Waals surface area contributed by atoms with Crippen molar-refractivity contribution in [3.8, 4) is 0 Å². The molecule has 23 heavy (non-hydrogen) atoms. The van der Waals surface area contributed by atoms with E-state index in [4.69, 9.17) is 0 Å². The van der Waals surface area contributed by atoms with Crippen LogP contribution >= 0.6 is 0 Å². The van der Waals surface area contributed by atoms with Crippen LogP contribution in [0.5, 0.6) is 0 Å². The van der Waals surface area contributed by atoms with Crippen molar-refractivity contribution < 1.29 is 10.2 Å². The van der Waals surface area contributed by atoms with Gasteiger partial charge in [-0.3, -0.25) is 0 Å². The third-order valence-corrected chi connectivity index (χ3v) is 8.65. The van der Waals surface area contributed by atoms with Crippen LogP contribution in [-0.2, 0) is 0 Å². The molecule has 1 aliphatic carbocycles. The van der Waals surface area contributed by atoms with Crippen LogP contribution in [0.15, 0.2) is 54.1 Å². The molecule has 3 atom stereocenters. The number of hydrogen-bond acceptors (Lipinski definition) is 2. The first-order valence-electron chi connectivity index (χ1n) is 8.59. The van der Waals surface area contributed by atoms with Crippen LogP contribution in [0.1, 0.15) is 19.8 Å². The van der Waals surface area contributed by atoms with Gasteiger partial charge in [-0.15, -0.1) is 0 Å². The zero-order valence-corrected chi connectivity index (χ0v) is 15.6. The topological polar surface area (TPSA) is 40.5 Å². The normalized spacial score (nSPS) is 23.5. The molecule has 2 N–H and O–H groups in total. The third-order valence-electron chi connectivity index (χ3n) is 5.21. The lowest BCUT2D eigenvalue weighted by molar-refractivity contribution is 0.121. The summed E-state index contributed by atoms with van der Waals surface area (Å²) in [5.74, 6) is 0.289. The summed E-state index contributed by atoms with van der Waals surface area (Å²) < 4.78 is 0. The second kappa shape index (κ2) is 7.60. The van der Waals surface area contributed by atoms with E-state index in [9.17, 15) is 10.2 Å². The van der Waals surface area contributed by atoms with Crippen LogP contribution in [0, 0.1) is 11.8 Å². The van der Waals surface area contributed by atoms with Gasteiger partial charge in [0.25, 0.3) is 0 Å². The van der Waals surface area contributed by atoms with E-state index in [1.165, 1.54) is 5.19 Å². The van der Waals surface area contributed by atoms with Crippen molar-refractivity contribution in [3.63, 3.8) is 0 Å². The highest BCUT2D eigenvalue weighted by Crippen LogP contribution is 2.34. The SMILES string of the molecule is C=C1C[C@@H](O)[C@@H](CC[Si](C)(C)c2ccccc2)C=C1[C@@H](C)CO. The maximum Gasteiger partial charge on any atom is 0.0806 e. The number of aliphatic hydroxyl groups excluding tert-OH is 2. The van der Waals surface area contributed by atoms with Crippen molar-refractivity contribution in [2.24, 2.45) is 11.8 Å². The minimum atomic E-state index is -1.48. The van der Waals surface area contributed by atoms with Crippen LogP contribution < -0.4 is 5.19 Å². The lowest BCUT2D eigenvalue weighted by atomic mass is 9.79. The second-order valence-corrected chi connectivity index (χ2v) is 12.4. The van der Waals surface area contributed by atoms with E-state index >= 15 is 0 Å². The number of aliphatic hydroxyl groups is 2. The van der Waals surface area contributed by atoms with Gasteiger partial charge in [-0.25, -0.2) is 0 Å². The van der Waals surface area contributed by atoms with Gasteiger partial charge in [0, 0.05) is 18.4 Å². The van der Waals surface area contributed by atoms with Crippen molar-refractivity contribution >= 4 is 13.3 Å². The first-order chi connectivity index (χ1) is 10.8. The maximum absolute atomic E-state index is 10.4. The lowest BCUT2D eigenvalue weighted by Crippen LogP contribution is -2.42. The van der Waals surface area contributed by atoms with E-state index in [0.29, 0.717) is 6.42 Å². The minimum absolute atomic E-state index is 0.108. The van der Waals surface area contributed by atoms with Crippen molar-refractivity contribution in [3.05, 3.63) is 54.1 Å². The predicted octanol–water partition coefficient (Wildman–Crippen LogP) is 3.48. The zero-order chi connectivity index (χ0) is 17.0. The van der Waals surface area contributed by atoms with Crippen LogP contribution in [-0.4, -0.2) is 31.0 Å². The van der Waals surface area contributed by atoms with Gasteiger partial charge in [0.1, 0.15) is 0 Å². The molecule has 2 nitrogen and oxygen atoms in total. The molecule has 0 amide bonds. The number of hydrogen-bond donors (Lipinski definition) is 2. The fraction of sp³-hybridized carbons (Fsp3) is 0.500. The van der Waals surface area contributed by atoms with Gasteiger partial charge >= 0.3 is 0 Å². The number of benzene rings is 1. The van der Waals surface area contributed by atoms with E-state index in [0.717, 1.165) is 23.6 Å². The van der Waals surface area contributed by atoms with Crippen LogP contribution in [0.25, 0.3) is 0 Å². The molecule has 0 aliphatic heterocycles. The Hall–Kier alpha value is -1.16. The van der Waals surface area contributed by atoms with Crippen molar-refractivity contribution in [2.45, 2.75) is 45.0 Å². The van der Waals surface area contributed by atoms with Gasteiger partial charge in [0.05, 0.1) is 14.2 Å². The first kappa shape index (κ1) is 18.2. The van der Waals surface area contributed by atoms with Crippen LogP contribution in [0.4, 0.5) is 0 Å². The molecular weight excluding hydrogens is 300 g/mol. The Morgan fingerprint density at radius 1 is 1.26 bits per heavy atom. The van der Waals surface area contributed by atoms with Crippen LogP contribution in [0.3, 0.4) is 0 Å². The molecule has 0 radical (unpaired) electrons. The molecule has 0 heterocycles. The standard InChI is InChI=1S/C20H30O2Si/c1-15-12-20(22)17(13-19(15)16(2)14-21)10-11-23(3,4)18-8-6-5-7-9-18/h5-9,13,16-17,20-22H,1,10-12,14H2,2-4H3/t16-,17-,20+/m0/s1. The molecule has 1 aromatic rings. The Bertz CT molecular complexity index is 562. The van der Waals surface area contributed by atoms with Crippen molar-refractivity contribution in [1.82, 2.24) is 0 Å². The molecule has 2 rings (SSSR count). The average Bonchev–Trinajstić information content (AvgIpc) is 2.54. The maximum atomic E-state index is 10.4. The predicted molar refractivity (Wildman–Crippen MR) is 101 cm³/mol. The molecule has 1 aliphatic rings. The Balaban J connectivity index is 2.09. The smallest absolute Gasteiger partial charge is 0.0806 e. The molecule has 0 fully saturated rings. The summed E-state index contributed by atoms with van der Waals surface area (Å²) in [6.07, 6.45) is 3.48. The van der Waals surface area contributed by atoms with Crippen molar-refractivity contribution in [2.75, 3.05) is 6.61 Å². The van der Waals surface area contributed by atoms with E-state index < -0.39 is 8.07 Å². The highest BCUT2D eigenvalue weighted by molar-refractivity contribution is 6.89. The molecule has 1 aromatic carbocycles. The van der Waals surface area contributed by atoms with Gasteiger partial charge in [0.15, 0.2) is 0 Å². The van der Waals surface area contributed by atoms with Crippen LogP contribution in [0.2, 0.25) is 19.1 Å². The highest BCUT2D eigenvalue weighted by atomic mass is 28.3. The van der Waals surface area contributed by atoms with Gasteiger partial charge in [0.2, 0.25) is 0 Å². The third kappa shape index (κ3) is 4.43. The molecule has 0 bridgehead atoms. The first-order valence-corrected chi connectivity index (χ1v) is 11.8. The summed E-state index contributed by atoms with van der Waals surface area (Å²) in [5.41, 5.74) is 2.12. The van der Waals surface area contributed by atoms with E-state index in [1.807, 2.05) is 6.92 Å². The summed E-state index contributed by atoms with van der Waals surface area (Å²) >= 11 is 0. The van der Waals surface area contributed by atoms with Gasteiger partial charge in [-0.1, -0.05) is 74.2 Å². The van der Waals surface area contributed by atoms with Gasteiger partial charge in [-0.2, -0.15) is 0 Å². The monoisotopic (exact) mass is 330 g/mol. The number of rotatable bonds is 6. The fourth-order valence-electron chi connectivity index (χ4n) is 3.43. The van der Waals surface area contributed by atoms with Crippen molar-refractivity contribution in [1.29, 1.82) is 0 Å². The molecule has 126 valence electrons. The summed E-state index contributed by atoms with van der Waals surface area (Å²) in [5, 5.41) is 21.3. The second-order valence-electron chi connectivity index (χ2n) is 7.53. The molecule has 0 saturated heterocycles. The van der Waals surface area contributed by atoms with E-state index in [1.54, 1.807) is 0 Å². The molecule has 0 spiro atoms. The summed E-state index contributed by atoms with van der Waals surface area (Å²) in [6.45, 7) is 11.0. The Labute approximate surface area is 141 Å². The zero-order valence-electron chi connectivity index (χ0n) is 14.6. The minimum Gasteiger partial charge on any atom is -0.396 e. The van der Waals surface area contributed by atoms with Gasteiger partial charge in [-0.05, 0) is 24.0 Å². The average molecular weight is 331 g/mol. The molecule has 0 unspecified atom stereocenters. The summed E-state index contributed by atoms with van der Waals surface area (Å²) in [7, 11) is -1.48. The largest absolute Gasteiger partial charge is 0.396 e.